The largest absolute Gasteiger partial charge is 0.524 e. The molecule has 2 atom stereocenters. The maximum atomic E-state index is 10.5. The number of hydrogen-bond acceptors (Lipinski definition) is 2. The van der Waals surface area contributed by atoms with Crippen LogP contribution in [0.1, 0.15) is 58.3 Å². The van der Waals surface area contributed by atoms with E-state index in [0.29, 0.717) is 6.42 Å². The predicted octanol–water partition coefficient (Wildman–Crippen LogP) is 3.15. The molecule has 14 heavy (non-hydrogen) atoms. The van der Waals surface area contributed by atoms with Crippen molar-refractivity contribution in [3.8, 4) is 0 Å². The maximum absolute atomic E-state index is 10.5. The summed E-state index contributed by atoms with van der Waals surface area (Å²) in [6.07, 6.45) is 9.23. The van der Waals surface area contributed by atoms with E-state index in [1.807, 2.05) is 0 Å². The topological polar surface area (TPSA) is 63.3 Å². The average molecular weight is 220 g/mol. The molecule has 0 aromatic heterocycles. The van der Waals surface area contributed by atoms with Gasteiger partial charge in [0.2, 0.25) is 5.78 Å². The summed E-state index contributed by atoms with van der Waals surface area (Å²) in [4.78, 5) is 8.68. The van der Waals surface area contributed by atoms with Crippen LogP contribution in [0, 0.1) is 0 Å². The van der Waals surface area contributed by atoms with Crippen LogP contribution in [0.5, 0.6) is 0 Å². The van der Waals surface area contributed by atoms with Gasteiger partial charge in [0.1, 0.15) is 0 Å². The highest BCUT2D eigenvalue weighted by Crippen LogP contribution is 2.22. The second-order valence-electron chi connectivity index (χ2n) is 3.78. The molecule has 0 heterocycles. The van der Waals surface area contributed by atoms with E-state index in [-0.39, 0.29) is 0 Å². The Bertz CT molecular complexity index is 153. The van der Waals surface area contributed by atoms with E-state index in [9.17, 15) is 4.57 Å². The van der Waals surface area contributed by atoms with Gasteiger partial charge < -0.3 is 0 Å². The van der Waals surface area contributed by atoms with E-state index in [0.717, 1.165) is 12.8 Å². The van der Waals surface area contributed by atoms with Crippen LogP contribution in [-0.4, -0.2) is 10.7 Å². The van der Waals surface area contributed by atoms with Crippen LogP contribution in [0.2, 0.25) is 0 Å². The van der Waals surface area contributed by atoms with Gasteiger partial charge in [-0.05, 0) is 11.0 Å². The summed E-state index contributed by atoms with van der Waals surface area (Å²) in [5.41, 5.74) is 5.45. The fourth-order valence-electron chi connectivity index (χ4n) is 1.42. The Morgan fingerprint density at radius 1 is 1.14 bits per heavy atom. The molecule has 0 aliphatic rings. The standard InChI is InChI=1S/C10H22NO2P/c1-2-3-4-5-6-7-8-9-10(11)14(12)13/h10H,2-9,11H2,1H3/p+1. The molecule has 0 fully saturated rings. The summed E-state index contributed by atoms with van der Waals surface area (Å²) in [6, 6.07) is 0. The van der Waals surface area contributed by atoms with E-state index in [2.05, 4.69) is 6.92 Å². The first-order valence-corrected chi connectivity index (χ1v) is 6.87. The average Bonchev–Trinajstić information content (AvgIpc) is 2.16. The van der Waals surface area contributed by atoms with Crippen molar-refractivity contribution in [1.29, 1.82) is 0 Å². The number of rotatable bonds is 9. The minimum atomic E-state index is -2.16. The summed E-state index contributed by atoms with van der Waals surface area (Å²) in [6.45, 7) is 2.21. The summed E-state index contributed by atoms with van der Waals surface area (Å²) in [5, 5.41) is 0. The third-order valence-electron chi connectivity index (χ3n) is 2.39. The Hall–Kier alpha value is 0.0200. The molecule has 0 saturated heterocycles. The van der Waals surface area contributed by atoms with E-state index >= 15 is 0 Å². The minimum Gasteiger partial charge on any atom is -0.285 e. The maximum Gasteiger partial charge on any atom is 0.524 e. The van der Waals surface area contributed by atoms with Crippen molar-refractivity contribution in [2.24, 2.45) is 5.73 Å². The van der Waals surface area contributed by atoms with Crippen molar-refractivity contribution in [1.82, 2.24) is 0 Å². The Morgan fingerprint density at radius 2 is 1.64 bits per heavy atom. The molecule has 0 aromatic rings. The summed E-state index contributed by atoms with van der Waals surface area (Å²) < 4.78 is 10.5. The van der Waals surface area contributed by atoms with Gasteiger partial charge in [0.25, 0.3) is 0 Å². The molecule has 0 aromatic carbocycles. The van der Waals surface area contributed by atoms with Crippen LogP contribution >= 0.6 is 8.03 Å². The molecule has 4 heteroatoms. The zero-order valence-electron chi connectivity index (χ0n) is 9.11. The zero-order chi connectivity index (χ0) is 10.8. The molecular weight excluding hydrogens is 197 g/mol. The Labute approximate surface area is 87.9 Å². The highest BCUT2D eigenvalue weighted by molar-refractivity contribution is 7.38. The van der Waals surface area contributed by atoms with Crippen LogP contribution < -0.4 is 5.73 Å². The molecule has 0 aliphatic carbocycles. The minimum absolute atomic E-state index is 0.513. The number of nitrogens with two attached hydrogens (primary N) is 1. The smallest absolute Gasteiger partial charge is 0.285 e. The molecule has 3 nitrogen and oxygen atoms in total. The SMILES string of the molecule is CCCCCCCCCC(N)[P+](=O)O. The Kier molecular flexibility index (Phi) is 9.58. The van der Waals surface area contributed by atoms with Gasteiger partial charge in [0.05, 0.1) is 0 Å². The first kappa shape index (κ1) is 14.0. The molecule has 0 bridgehead atoms. The van der Waals surface area contributed by atoms with Gasteiger partial charge in [-0.15, -0.1) is 0 Å². The predicted molar refractivity (Wildman–Crippen MR) is 60.4 cm³/mol. The summed E-state index contributed by atoms with van der Waals surface area (Å²) in [7, 11) is -2.16. The van der Waals surface area contributed by atoms with Crippen molar-refractivity contribution in [3.05, 3.63) is 0 Å². The second kappa shape index (κ2) is 9.57. The van der Waals surface area contributed by atoms with Crippen molar-refractivity contribution < 1.29 is 9.46 Å². The monoisotopic (exact) mass is 220 g/mol. The molecule has 0 rings (SSSR count). The molecule has 0 amide bonds. The first-order chi connectivity index (χ1) is 6.68. The van der Waals surface area contributed by atoms with Gasteiger partial charge in [-0.2, -0.15) is 4.89 Å². The van der Waals surface area contributed by atoms with Gasteiger partial charge in [-0.1, -0.05) is 45.4 Å². The lowest BCUT2D eigenvalue weighted by Gasteiger charge is -2.00. The fraction of sp³-hybridized carbons (Fsp3) is 1.00. The normalized spacial score (nSPS) is 14.1. The van der Waals surface area contributed by atoms with E-state index < -0.39 is 13.8 Å². The zero-order valence-corrected chi connectivity index (χ0v) is 10.0. The molecule has 0 radical (unpaired) electrons. The van der Waals surface area contributed by atoms with E-state index in [1.165, 1.54) is 32.1 Å². The van der Waals surface area contributed by atoms with Gasteiger partial charge in [0.15, 0.2) is 0 Å². The van der Waals surface area contributed by atoms with Crippen LogP contribution in [0.15, 0.2) is 0 Å². The Balaban J connectivity index is 3.09. The molecule has 3 N–H and O–H groups in total. The van der Waals surface area contributed by atoms with Gasteiger partial charge in [-0.25, -0.2) is 0 Å². The molecule has 0 saturated carbocycles. The van der Waals surface area contributed by atoms with Crippen LogP contribution in [0.25, 0.3) is 0 Å². The van der Waals surface area contributed by atoms with Crippen molar-refractivity contribution in [2.75, 3.05) is 0 Å². The molecule has 84 valence electrons. The molecule has 0 spiro atoms. The fourth-order valence-corrected chi connectivity index (χ4v) is 1.82. The summed E-state index contributed by atoms with van der Waals surface area (Å²) in [5.74, 6) is -0.513. The van der Waals surface area contributed by atoms with Gasteiger partial charge in [-0.3, -0.25) is 5.73 Å². The first-order valence-electron chi connectivity index (χ1n) is 5.59. The molecular formula is C10H23NO2P+. The van der Waals surface area contributed by atoms with E-state index in [1.54, 1.807) is 0 Å². The van der Waals surface area contributed by atoms with Crippen molar-refractivity contribution in [3.63, 3.8) is 0 Å². The number of unbranched alkanes of at least 4 members (excludes halogenated alkanes) is 6. The van der Waals surface area contributed by atoms with E-state index in [4.69, 9.17) is 10.6 Å². The highest BCUT2D eigenvalue weighted by atomic mass is 31.1. The van der Waals surface area contributed by atoms with Crippen LogP contribution in [0.3, 0.4) is 0 Å². The molecule has 2 unspecified atom stereocenters. The van der Waals surface area contributed by atoms with Crippen LogP contribution in [0.4, 0.5) is 0 Å². The van der Waals surface area contributed by atoms with Crippen molar-refractivity contribution >= 4 is 8.03 Å². The third kappa shape index (κ3) is 8.61. The molecule has 0 aliphatic heterocycles. The lowest BCUT2D eigenvalue weighted by atomic mass is 10.1. The van der Waals surface area contributed by atoms with Gasteiger partial charge >= 0.3 is 8.03 Å². The van der Waals surface area contributed by atoms with Crippen LogP contribution in [-0.2, 0) is 4.57 Å². The highest BCUT2D eigenvalue weighted by Gasteiger charge is 2.22. The quantitative estimate of drug-likeness (QED) is 0.463. The number of hydrogen-bond donors (Lipinski definition) is 2. The lowest BCUT2D eigenvalue weighted by molar-refractivity contribution is 0.478. The summed E-state index contributed by atoms with van der Waals surface area (Å²) >= 11 is 0. The Morgan fingerprint density at radius 3 is 2.14 bits per heavy atom. The van der Waals surface area contributed by atoms with Gasteiger partial charge in [0, 0.05) is 6.42 Å². The lowest BCUT2D eigenvalue weighted by Crippen LogP contribution is -2.14. The second-order valence-corrected chi connectivity index (χ2v) is 5.05. The third-order valence-corrected chi connectivity index (χ3v) is 3.21. The van der Waals surface area contributed by atoms with Crippen molar-refractivity contribution in [2.45, 2.75) is 64.1 Å².